The fraction of sp³-hybridized carbons (Fsp3) is 0.0333. The third-order valence-corrected chi connectivity index (χ3v) is 6.27. The minimum atomic E-state index is -0.319. The summed E-state index contributed by atoms with van der Waals surface area (Å²) >= 11 is 0. The van der Waals surface area contributed by atoms with Gasteiger partial charge in [0.25, 0.3) is 0 Å². The van der Waals surface area contributed by atoms with Crippen LogP contribution in [-0.4, -0.2) is 4.57 Å². The molecular weight excluding hydrogens is 406 g/mol. The minimum absolute atomic E-state index is 0.127. The molecule has 0 saturated carbocycles. The van der Waals surface area contributed by atoms with Crippen LogP contribution in [0, 0.1) is 5.92 Å². The minimum Gasteiger partial charge on any atom is -0.422 e. The van der Waals surface area contributed by atoms with Crippen LogP contribution in [0.25, 0.3) is 49.2 Å². The molecule has 0 atom stereocenters. The predicted molar refractivity (Wildman–Crippen MR) is 138 cm³/mol. The molecule has 2 aromatic heterocycles. The fourth-order valence-electron chi connectivity index (χ4n) is 4.81. The molecule has 5 aromatic rings. The summed E-state index contributed by atoms with van der Waals surface area (Å²) in [6, 6.07) is 20.2. The van der Waals surface area contributed by atoms with Gasteiger partial charge >= 0.3 is 5.63 Å². The van der Waals surface area contributed by atoms with Crippen LogP contribution in [0.2, 0.25) is 0 Å². The van der Waals surface area contributed by atoms with Gasteiger partial charge in [0.2, 0.25) is 0 Å². The standard InChI is InChI=1S/C30H21NO2/c1-2-3-4-15-26(20-11-5-6-12-20)31-27-16-9-7-13-21(27)24-18-23-22-14-8-10-17-29(22)33-30(32)25(23)19-28(24)31/h2-20H,1H2/b4-3-,26-15+. The van der Waals surface area contributed by atoms with Gasteiger partial charge in [-0.25, -0.2) is 4.79 Å². The highest BCUT2D eigenvalue weighted by Gasteiger charge is 2.20. The highest BCUT2D eigenvalue weighted by molar-refractivity contribution is 6.17. The Morgan fingerprint density at radius 1 is 0.818 bits per heavy atom. The van der Waals surface area contributed by atoms with Crippen LogP contribution in [0.5, 0.6) is 0 Å². The summed E-state index contributed by atoms with van der Waals surface area (Å²) in [4.78, 5) is 13.0. The van der Waals surface area contributed by atoms with E-state index in [2.05, 4.69) is 71.9 Å². The number of para-hydroxylation sites is 2. The summed E-state index contributed by atoms with van der Waals surface area (Å²) in [7, 11) is 0. The molecule has 6 rings (SSSR count). The first-order chi connectivity index (χ1) is 16.3. The topological polar surface area (TPSA) is 35.1 Å². The van der Waals surface area contributed by atoms with Crippen molar-refractivity contribution < 1.29 is 4.42 Å². The van der Waals surface area contributed by atoms with Crippen LogP contribution in [0.4, 0.5) is 0 Å². The van der Waals surface area contributed by atoms with E-state index >= 15 is 0 Å². The normalized spacial score (nSPS) is 14.6. The van der Waals surface area contributed by atoms with Crippen molar-refractivity contribution in [2.45, 2.75) is 0 Å². The lowest BCUT2D eigenvalue weighted by Crippen LogP contribution is -2.05. The molecule has 0 unspecified atom stereocenters. The van der Waals surface area contributed by atoms with Gasteiger partial charge in [0.15, 0.2) is 0 Å². The van der Waals surface area contributed by atoms with E-state index in [-0.39, 0.29) is 11.5 Å². The maximum Gasteiger partial charge on any atom is 0.344 e. The molecule has 1 aliphatic carbocycles. The van der Waals surface area contributed by atoms with E-state index in [0.29, 0.717) is 11.0 Å². The van der Waals surface area contributed by atoms with Crippen molar-refractivity contribution in [3.63, 3.8) is 0 Å². The van der Waals surface area contributed by atoms with Crippen LogP contribution in [-0.2, 0) is 0 Å². The zero-order chi connectivity index (χ0) is 22.4. The molecule has 0 fully saturated rings. The molecule has 0 N–H and O–H groups in total. The van der Waals surface area contributed by atoms with Gasteiger partial charge in [-0.3, -0.25) is 0 Å². The zero-order valence-electron chi connectivity index (χ0n) is 17.9. The first kappa shape index (κ1) is 19.3. The lowest BCUT2D eigenvalue weighted by atomic mass is 10.0. The van der Waals surface area contributed by atoms with E-state index in [1.165, 1.54) is 0 Å². The molecule has 0 aliphatic heterocycles. The highest BCUT2D eigenvalue weighted by Crippen LogP contribution is 2.38. The Hall–Kier alpha value is -4.37. The summed E-state index contributed by atoms with van der Waals surface area (Å²) in [6.07, 6.45) is 16.3. The van der Waals surface area contributed by atoms with Gasteiger partial charge in [-0.05, 0) is 30.3 Å². The predicted octanol–water partition coefficient (Wildman–Crippen LogP) is 7.38. The van der Waals surface area contributed by atoms with Crippen molar-refractivity contribution >= 4 is 49.2 Å². The molecular formula is C30H21NO2. The average Bonchev–Trinajstić information content (AvgIpc) is 3.48. The number of fused-ring (bicyclic) bond motifs is 6. The Balaban J connectivity index is 1.78. The summed E-state index contributed by atoms with van der Waals surface area (Å²) in [5, 5.41) is 4.70. The quantitative estimate of drug-likeness (QED) is 0.170. The smallest absolute Gasteiger partial charge is 0.344 e. The monoisotopic (exact) mass is 427 g/mol. The average molecular weight is 428 g/mol. The van der Waals surface area contributed by atoms with Crippen LogP contribution in [0.3, 0.4) is 0 Å². The Labute approximate surface area is 190 Å². The fourth-order valence-corrected chi connectivity index (χ4v) is 4.81. The summed E-state index contributed by atoms with van der Waals surface area (Å²) < 4.78 is 7.91. The number of hydrogen-bond acceptors (Lipinski definition) is 2. The van der Waals surface area contributed by atoms with E-state index in [9.17, 15) is 4.79 Å². The van der Waals surface area contributed by atoms with Crippen LogP contribution in [0.1, 0.15) is 0 Å². The molecule has 0 saturated heterocycles. The number of hydrogen-bond donors (Lipinski definition) is 0. The Morgan fingerprint density at radius 2 is 1.58 bits per heavy atom. The Bertz CT molecular complexity index is 1740. The number of allylic oxidation sites excluding steroid dienone is 9. The van der Waals surface area contributed by atoms with Crippen molar-refractivity contribution in [3.05, 3.63) is 126 Å². The first-order valence-electron chi connectivity index (χ1n) is 11.0. The first-order valence-corrected chi connectivity index (χ1v) is 11.0. The second kappa shape index (κ2) is 7.64. The Morgan fingerprint density at radius 3 is 2.39 bits per heavy atom. The van der Waals surface area contributed by atoms with Crippen LogP contribution >= 0.6 is 0 Å². The van der Waals surface area contributed by atoms with E-state index in [0.717, 1.165) is 38.3 Å². The van der Waals surface area contributed by atoms with Gasteiger partial charge in [0.05, 0.1) is 16.4 Å². The van der Waals surface area contributed by atoms with Crippen molar-refractivity contribution in [1.29, 1.82) is 0 Å². The second-order valence-electron chi connectivity index (χ2n) is 8.16. The molecule has 3 aromatic carbocycles. The van der Waals surface area contributed by atoms with Gasteiger partial charge in [-0.2, -0.15) is 0 Å². The van der Waals surface area contributed by atoms with Crippen LogP contribution < -0.4 is 5.63 Å². The molecule has 33 heavy (non-hydrogen) atoms. The largest absolute Gasteiger partial charge is 0.422 e. The summed E-state index contributed by atoms with van der Waals surface area (Å²) in [6.45, 7) is 3.79. The van der Waals surface area contributed by atoms with Gasteiger partial charge in [-0.15, -0.1) is 0 Å². The number of rotatable bonds is 4. The summed E-state index contributed by atoms with van der Waals surface area (Å²) in [5.41, 5.74) is 3.48. The molecule has 0 spiro atoms. The lowest BCUT2D eigenvalue weighted by Gasteiger charge is -2.16. The van der Waals surface area contributed by atoms with Crippen molar-refractivity contribution in [1.82, 2.24) is 4.57 Å². The van der Waals surface area contributed by atoms with Gasteiger partial charge in [-0.1, -0.05) is 85.5 Å². The van der Waals surface area contributed by atoms with Crippen LogP contribution in [0.15, 0.2) is 125 Å². The van der Waals surface area contributed by atoms with Gasteiger partial charge < -0.3 is 8.98 Å². The molecule has 0 amide bonds. The van der Waals surface area contributed by atoms with Crippen molar-refractivity contribution in [2.75, 3.05) is 0 Å². The van der Waals surface area contributed by atoms with Gasteiger partial charge in [0.1, 0.15) is 5.58 Å². The lowest BCUT2D eigenvalue weighted by molar-refractivity contribution is 0.570. The second-order valence-corrected chi connectivity index (χ2v) is 8.16. The zero-order valence-corrected chi connectivity index (χ0v) is 17.9. The molecule has 3 heteroatoms. The number of aromatic nitrogens is 1. The maximum atomic E-state index is 13.0. The third-order valence-electron chi connectivity index (χ3n) is 6.27. The summed E-state index contributed by atoms with van der Waals surface area (Å²) in [5.74, 6) is 0.127. The molecule has 158 valence electrons. The molecule has 3 nitrogen and oxygen atoms in total. The van der Waals surface area contributed by atoms with E-state index in [1.807, 2.05) is 42.5 Å². The number of benzene rings is 3. The molecule has 0 radical (unpaired) electrons. The molecule has 0 bridgehead atoms. The van der Waals surface area contributed by atoms with E-state index in [4.69, 9.17) is 4.42 Å². The van der Waals surface area contributed by atoms with E-state index < -0.39 is 0 Å². The maximum absolute atomic E-state index is 13.0. The van der Waals surface area contributed by atoms with Crippen molar-refractivity contribution in [3.8, 4) is 0 Å². The highest BCUT2D eigenvalue weighted by atomic mass is 16.4. The third kappa shape index (κ3) is 3.01. The van der Waals surface area contributed by atoms with Crippen molar-refractivity contribution in [2.24, 2.45) is 5.92 Å². The van der Waals surface area contributed by atoms with E-state index in [1.54, 1.807) is 6.08 Å². The molecule has 1 aliphatic rings. The SMILES string of the molecule is C=C/C=C\C=C(/C1C=CC=C1)n1c2ccccc2c2cc3c(cc21)c(=O)oc1ccccc13. The molecule has 2 heterocycles. The Kier molecular flexibility index (Phi) is 4.48. The van der Waals surface area contributed by atoms with Gasteiger partial charge in [0, 0.05) is 33.2 Å². The number of nitrogens with zero attached hydrogens (tertiary/aromatic N) is 1.